The van der Waals surface area contributed by atoms with E-state index in [0.717, 1.165) is 18.1 Å². The van der Waals surface area contributed by atoms with Crippen LogP contribution in [0.5, 0.6) is 0 Å². The van der Waals surface area contributed by atoms with E-state index in [1.165, 1.54) is 11.3 Å². The maximum absolute atomic E-state index is 12.0. The summed E-state index contributed by atoms with van der Waals surface area (Å²) in [6.07, 6.45) is 0.891. The Morgan fingerprint density at radius 2 is 2.33 bits per heavy atom. The lowest BCUT2D eigenvalue weighted by atomic mass is 9.90. The molecule has 0 spiro atoms. The second-order valence-electron chi connectivity index (χ2n) is 5.49. The Balaban J connectivity index is 2.17. The van der Waals surface area contributed by atoms with Gasteiger partial charge < -0.3 is 15.0 Å². The van der Waals surface area contributed by atoms with Crippen molar-refractivity contribution in [2.45, 2.75) is 32.6 Å². The zero-order chi connectivity index (χ0) is 15.5. The average molecular weight is 311 g/mol. The van der Waals surface area contributed by atoms with Crippen molar-refractivity contribution in [3.63, 3.8) is 0 Å². The highest BCUT2D eigenvalue weighted by atomic mass is 32.1. The predicted molar refractivity (Wildman–Crippen MR) is 81.6 cm³/mol. The summed E-state index contributed by atoms with van der Waals surface area (Å²) < 4.78 is 5.10. The molecule has 1 saturated heterocycles. The molecule has 0 saturated carbocycles. The lowest BCUT2D eigenvalue weighted by Crippen LogP contribution is -2.34. The van der Waals surface area contributed by atoms with Crippen LogP contribution in [-0.4, -0.2) is 43.1 Å². The van der Waals surface area contributed by atoms with Crippen molar-refractivity contribution in [1.29, 1.82) is 0 Å². The van der Waals surface area contributed by atoms with Crippen LogP contribution in [0.2, 0.25) is 0 Å². The summed E-state index contributed by atoms with van der Waals surface area (Å²) in [6.45, 7) is 7.54. The molecule has 116 valence electrons. The molecule has 1 fully saturated rings. The van der Waals surface area contributed by atoms with Gasteiger partial charge in [0.1, 0.15) is 5.41 Å². The number of hydrogen-bond donors (Lipinski definition) is 1. The van der Waals surface area contributed by atoms with Crippen LogP contribution < -0.4 is 10.2 Å². The van der Waals surface area contributed by atoms with Gasteiger partial charge in [-0.2, -0.15) is 0 Å². The third-order valence-corrected chi connectivity index (χ3v) is 4.35. The van der Waals surface area contributed by atoms with Crippen molar-refractivity contribution < 1.29 is 14.3 Å². The SMILES string of the molecule is CCOC(=O)C(C)(C)c1csc(N2CCCNC(=O)C2)n1. The number of hydrogen-bond acceptors (Lipinski definition) is 6. The van der Waals surface area contributed by atoms with Crippen LogP contribution >= 0.6 is 11.3 Å². The summed E-state index contributed by atoms with van der Waals surface area (Å²) in [4.78, 5) is 30.1. The van der Waals surface area contributed by atoms with E-state index in [1.54, 1.807) is 20.8 Å². The van der Waals surface area contributed by atoms with Crippen LogP contribution in [-0.2, 0) is 19.7 Å². The second kappa shape index (κ2) is 6.43. The zero-order valence-electron chi connectivity index (χ0n) is 12.6. The first-order chi connectivity index (χ1) is 9.95. The molecule has 1 N–H and O–H groups in total. The lowest BCUT2D eigenvalue weighted by Gasteiger charge is -2.21. The topological polar surface area (TPSA) is 71.5 Å². The van der Waals surface area contributed by atoms with Crippen molar-refractivity contribution in [2.75, 3.05) is 31.1 Å². The molecular weight excluding hydrogens is 290 g/mol. The largest absolute Gasteiger partial charge is 0.465 e. The number of thiazole rings is 1. The highest BCUT2D eigenvalue weighted by molar-refractivity contribution is 7.13. The van der Waals surface area contributed by atoms with Crippen LogP contribution in [0.15, 0.2) is 5.38 Å². The number of anilines is 1. The van der Waals surface area contributed by atoms with Gasteiger partial charge in [0.25, 0.3) is 0 Å². The van der Waals surface area contributed by atoms with Crippen molar-refractivity contribution in [1.82, 2.24) is 10.3 Å². The van der Waals surface area contributed by atoms with Gasteiger partial charge in [-0.25, -0.2) is 4.98 Å². The summed E-state index contributed by atoms with van der Waals surface area (Å²) in [5, 5.41) is 5.49. The molecule has 6 nitrogen and oxygen atoms in total. The molecule has 2 rings (SSSR count). The van der Waals surface area contributed by atoms with Gasteiger partial charge in [0.05, 0.1) is 18.8 Å². The fourth-order valence-corrected chi connectivity index (χ4v) is 3.10. The summed E-state index contributed by atoms with van der Waals surface area (Å²) in [5.41, 5.74) is -0.0932. The van der Waals surface area contributed by atoms with Crippen LogP contribution in [0.25, 0.3) is 0 Å². The number of amides is 1. The molecule has 0 unspecified atom stereocenters. The standard InChI is InChI=1S/C14H21N3O3S/c1-4-20-12(19)14(2,3)10-9-21-13(16-10)17-7-5-6-15-11(18)8-17/h9H,4-8H2,1-3H3,(H,15,18). The van der Waals surface area contributed by atoms with E-state index < -0.39 is 5.41 Å². The molecule has 2 heterocycles. The number of nitrogens with zero attached hydrogens (tertiary/aromatic N) is 2. The quantitative estimate of drug-likeness (QED) is 0.849. The second-order valence-corrected chi connectivity index (χ2v) is 6.32. The number of carbonyl (C=O) groups is 2. The fourth-order valence-electron chi connectivity index (χ4n) is 2.08. The third-order valence-electron chi connectivity index (χ3n) is 3.45. The molecule has 1 aromatic rings. The molecule has 0 atom stereocenters. The molecule has 1 amide bonds. The molecule has 0 aromatic carbocycles. The maximum atomic E-state index is 12.0. The summed E-state index contributed by atoms with van der Waals surface area (Å²) >= 11 is 1.46. The Bertz CT molecular complexity index is 527. The van der Waals surface area contributed by atoms with E-state index in [0.29, 0.717) is 25.4 Å². The van der Waals surface area contributed by atoms with Crippen molar-refractivity contribution in [3.8, 4) is 0 Å². The first-order valence-electron chi connectivity index (χ1n) is 7.10. The molecule has 0 radical (unpaired) electrons. The minimum absolute atomic E-state index is 0.00824. The van der Waals surface area contributed by atoms with Crippen molar-refractivity contribution in [2.24, 2.45) is 0 Å². The normalized spacial score (nSPS) is 16.3. The van der Waals surface area contributed by atoms with Gasteiger partial charge in [-0.1, -0.05) is 0 Å². The zero-order valence-corrected chi connectivity index (χ0v) is 13.5. The number of aromatic nitrogens is 1. The van der Waals surface area contributed by atoms with Gasteiger partial charge in [0, 0.05) is 18.5 Å². The van der Waals surface area contributed by atoms with Gasteiger partial charge in [-0.05, 0) is 27.2 Å². The van der Waals surface area contributed by atoms with E-state index >= 15 is 0 Å². The molecule has 1 aromatic heterocycles. The van der Waals surface area contributed by atoms with Gasteiger partial charge >= 0.3 is 5.97 Å². The number of ether oxygens (including phenoxy) is 1. The highest BCUT2D eigenvalue weighted by Crippen LogP contribution is 2.30. The van der Waals surface area contributed by atoms with Gasteiger partial charge in [-0.15, -0.1) is 11.3 Å². The highest BCUT2D eigenvalue weighted by Gasteiger charge is 2.34. The summed E-state index contributed by atoms with van der Waals surface area (Å²) in [5.74, 6) is -0.274. The molecule has 0 aliphatic carbocycles. The monoisotopic (exact) mass is 311 g/mol. The van der Waals surface area contributed by atoms with Crippen molar-refractivity contribution >= 4 is 28.3 Å². The maximum Gasteiger partial charge on any atom is 0.317 e. The van der Waals surface area contributed by atoms with Crippen LogP contribution in [0, 0.1) is 0 Å². The number of nitrogens with one attached hydrogen (secondary N) is 1. The van der Waals surface area contributed by atoms with Gasteiger partial charge in [0.15, 0.2) is 5.13 Å². The smallest absolute Gasteiger partial charge is 0.317 e. The Kier molecular flexibility index (Phi) is 4.82. The van der Waals surface area contributed by atoms with E-state index in [2.05, 4.69) is 10.3 Å². The Hall–Kier alpha value is -1.63. The minimum atomic E-state index is -0.779. The first-order valence-corrected chi connectivity index (χ1v) is 7.98. The fraction of sp³-hybridized carbons (Fsp3) is 0.643. The van der Waals surface area contributed by atoms with Crippen LogP contribution in [0.4, 0.5) is 5.13 Å². The predicted octanol–water partition coefficient (Wildman–Crippen LogP) is 1.31. The van der Waals surface area contributed by atoms with E-state index in [9.17, 15) is 9.59 Å². The van der Waals surface area contributed by atoms with Gasteiger partial charge in [-0.3, -0.25) is 9.59 Å². The number of carbonyl (C=O) groups excluding carboxylic acids is 2. The van der Waals surface area contributed by atoms with Crippen LogP contribution in [0.3, 0.4) is 0 Å². The van der Waals surface area contributed by atoms with E-state index in [1.807, 2.05) is 10.3 Å². The minimum Gasteiger partial charge on any atom is -0.465 e. The Labute approximate surface area is 128 Å². The molecule has 21 heavy (non-hydrogen) atoms. The molecular formula is C14H21N3O3S. The summed E-state index contributed by atoms with van der Waals surface area (Å²) in [6, 6.07) is 0. The molecule has 1 aliphatic heterocycles. The lowest BCUT2D eigenvalue weighted by molar-refractivity contribution is -0.148. The van der Waals surface area contributed by atoms with Gasteiger partial charge in [0.2, 0.25) is 5.91 Å². The molecule has 1 aliphatic rings. The van der Waals surface area contributed by atoms with E-state index in [-0.39, 0.29) is 11.9 Å². The number of rotatable bonds is 4. The third kappa shape index (κ3) is 3.53. The number of esters is 1. The van der Waals surface area contributed by atoms with Crippen molar-refractivity contribution in [3.05, 3.63) is 11.1 Å². The summed E-state index contributed by atoms with van der Waals surface area (Å²) in [7, 11) is 0. The Morgan fingerprint density at radius 3 is 3.05 bits per heavy atom. The molecule has 0 bridgehead atoms. The Morgan fingerprint density at radius 1 is 1.57 bits per heavy atom. The average Bonchev–Trinajstić information content (AvgIpc) is 2.83. The van der Waals surface area contributed by atoms with E-state index in [4.69, 9.17) is 4.74 Å². The first kappa shape index (κ1) is 15.8. The molecule has 7 heteroatoms. The van der Waals surface area contributed by atoms with Crippen LogP contribution in [0.1, 0.15) is 32.9 Å².